The molecule has 1 heterocycles. The van der Waals surface area contributed by atoms with E-state index in [1.807, 2.05) is 31.2 Å². The van der Waals surface area contributed by atoms with Gasteiger partial charge in [-0.25, -0.2) is 4.98 Å². The van der Waals surface area contributed by atoms with Crippen LogP contribution in [0.5, 0.6) is 0 Å². The Bertz CT molecular complexity index is 614. The lowest BCUT2D eigenvalue weighted by Crippen LogP contribution is -2.25. The first-order valence-corrected chi connectivity index (χ1v) is 6.85. The monoisotopic (exact) mass is 285 g/mol. The molecule has 2 aromatic rings. The second-order valence-corrected chi connectivity index (χ2v) is 4.53. The molecule has 0 spiro atoms. The number of benzene rings is 1. The van der Waals surface area contributed by atoms with Crippen molar-refractivity contribution in [3.8, 4) is 0 Å². The van der Waals surface area contributed by atoms with E-state index in [0.717, 1.165) is 11.1 Å². The fourth-order valence-electron chi connectivity index (χ4n) is 1.95. The van der Waals surface area contributed by atoms with E-state index in [1.54, 1.807) is 18.3 Å². The van der Waals surface area contributed by atoms with Gasteiger partial charge in [-0.3, -0.25) is 4.79 Å². The summed E-state index contributed by atoms with van der Waals surface area (Å²) >= 11 is 0. The predicted molar refractivity (Wildman–Crippen MR) is 81.6 cm³/mol. The van der Waals surface area contributed by atoms with Gasteiger partial charge in [-0.2, -0.15) is 0 Å². The number of nitrogen functional groups attached to an aromatic ring is 1. The molecule has 1 aromatic carbocycles. The molecule has 110 valence electrons. The van der Waals surface area contributed by atoms with Crippen molar-refractivity contribution in [1.82, 2.24) is 10.3 Å². The van der Waals surface area contributed by atoms with E-state index in [0.29, 0.717) is 25.4 Å². The highest BCUT2D eigenvalue weighted by Crippen LogP contribution is 2.11. The Balaban J connectivity index is 2.03. The van der Waals surface area contributed by atoms with Crippen molar-refractivity contribution in [1.29, 1.82) is 0 Å². The Morgan fingerprint density at radius 3 is 2.71 bits per heavy atom. The lowest BCUT2D eigenvalue weighted by atomic mass is 10.1. The van der Waals surface area contributed by atoms with Gasteiger partial charge in [0, 0.05) is 19.3 Å². The molecule has 0 unspecified atom stereocenters. The zero-order chi connectivity index (χ0) is 15.1. The van der Waals surface area contributed by atoms with Crippen LogP contribution in [0.2, 0.25) is 0 Å². The molecule has 0 aliphatic heterocycles. The van der Waals surface area contributed by atoms with Gasteiger partial charge in [0.05, 0.1) is 12.3 Å². The molecule has 0 saturated heterocycles. The number of carbonyl (C=O) groups excluding carboxylic acids is 1. The summed E-state index contributed by atoms with van der Waals surface area (Å²) in [5.74, 6) is -0.278. The Labute approximate surface area is 124 Å². The summed E-state index contributed by atoms with van der Waals surface area (Å²) in [4.78, 5) is 16.1. The zero-order valence-corrected chi connectivity index (χ0v) is 12.0. The maximum absolute atomic E-state index is 12.1. The standard InChI is InChI=1S/C16H19N3O2/c1-2-21-11-13-7-4-3-6-12(13)10-19-16(20)15-14(17)8-5-9-18-15/h3-9H,2,10-11,17H2,1H3,(H,19,20). The highest BCUT2D eigenvalue weighted by atomic mass is 16.5. The molecule has 5 heteroatoms. The van der Waals surface area contributed by atoms with E-state index in [-0.39, 0.29) is 11.6 Å². The summed E-state index contributed by atoms with van der Waals surface area (Å²) in [6.45, 7) is 3.56. The van der Waals surface area contributed by atoms with Gasteiger partial charge >= 0.3 is 0 Å². The SMILES string of the molecule is CCOCc1ccccc1CNC(=O)c1ncccc1N. The number of carbonyl (C=O) groups is 1. The van der Waals surface area contributed by atoms with Crippen LogP contribution in [0.3, 0.4) is 0 Å². The minimum absolute atomic E-state index is 0.250. The Kier molecular flexibility index (Phi) is 5.29. The Morgan fingerprint density at radius 1 is 1.24 bits per heavy atom. The molecule has 1 amide bonds. The average molecular weight is 285 g/mol. The van der Waals surface area contributed by atoms with Crippen LogP contribution in [-0.2, 0) is 17.9 Å². The Hall–Kier alpha value is -2.40. The van der Waals surface area contributed by atoms with Crippen LogP contribution in [0.15, 0.2) is 42.6 Å². The molecular formula is C16H19N3O2. The maximum atomic E-state index is 12.1. The molecule has 0 saturated carbocycles. The van der Waals surface area contributed by atoms with Gasteiger partial charge in [-0.15, -0.1) is 0 Å². The second-order valence-electron chi connectivity index (χ2n) is 4.53. The summed E-state index contributed by atoms with van der Waals surface area (Å²) in [6, 6.07) is 11.2. The third-order valence-electron chi connectivity index (χ3n) is 3.07. The van der Waals surface area contributed by atoms with Crippen LogP contribution in [-0.4, -0.2) is 17.5 Å². The number of pyridine rings is 1. The summed E-state index contributed by atoms with van der Waals surface area (Å²) in [5.41, 5.74) is 8.45. The third kappa shape index (κ3) is 4.03. The number of rotatable bonds is 6. The van der Waals surface area contributed by atoms with E-state index in [9.17, 15) is 4.79 Å². The first kappa shape index (κ1) is 15.0. The van der Waals surface area contributed by atoms with Crippen LogP contribution < -0.4 is 11.1 Å². The van der Waals surface area contributed by atoms with Crippen LogP contribution >= 0.6 is 0 Å². The first-order valence-electron chi connectivity index (χ1n) is 6.85. The van der Waals surface area contributed by atoms with Gasteiger partial charge < -0.3 is 15.8 Å². The zero-order valence-electron chi connectivity index (χ0n) is 12.0. The molecule has 0 fully saturated rings. The van der Waals surface area contributed by atoms with Crippen molar-refractivity contribution < 1.29 is 9.53 Å². The number of nitrogens with two attached hydrogens (primary N) is 1. The van der Waals surface area contributed by atoms with Gasteiger partial charge in [0.15, 0.2) is 5.69 Å². The molecule has 0 aliphatic carbocycles. The molecule has 0 radical (unpaired) electrons. The number of ether oxygens (including phenoxy) is 1. The van der Waals surface area contributed by atoms with Crippen molar-refractivity contribution >= 4 is 11.6 Å². The molecule has 2 rings (SSSR count). The van der Waals surface area contributed by atoms with Crippen LogP contribution in [0, 0.1) is 0 Å². The number of amides is 1. The summed E-state index contributed by atoms with van der Waals surface area (Å²) < 4.78 is 5.43. The van der Waals surface area contributed by atoms with Gasteiger partial charge in [0.25, 0.3) is 5.91 Å². The van der Waals surface area contributed by atoms with E-state index < -0.39 is 0 Å². The van der Waals surface area contributed by atoms with Crippen LogP contribution in [0.4, 0.5) is 5.69 Å². The van der Waals surface area contributed by atoms with E-state index in [2.05, 4.69) is 10.3 Å². The minimum Gasteiger partial charge on any atom is -0.397 e. The molecule has 3 N–H and O–H groups in total. The van der Waals surface area contributed by atoms with Crippen molar-refractivity contribution in [3.63, 3.8) is 0 Å². The van der Waals surface area contributed by atoms with E-state index in [1.165, 1.54) is 0 Å². The number of hydrogen-bond donors (Lipinski definition) is 2. The first-order chi connectivity index (χ1) is 10.2. The number of anilines is 1. The Morgan fingerprint density at radius 2 is 2.00 bits per heavy atom. The summed E-state index contributed by atoms with van der Waals surface area (Å²) in [6.07, 6.45) is 1.55. The molecule has 5 nitrogen and oxygen atoms in total. The largest absolute Gasteiger partial charge is 0.397 e. The lowest BCUT2D eigenvalue weighted by Gasteiger charge is -2.11. The van der Waals surface area contributed by atoms with Gasteiger partial charge in [0.2, 0.25) is 0 Å². The molecule has 0 atom stereocenters. The number of nitrogens with one attached hydrogen (secondary N) is 1. The topological polar surface area (TPSA) is 77.2 Å². The molecule has 21 heavy (non-hydrogen) atoms. The van der Waals surface area contributed by atoms with Gasteiger partial charge in [-0.05, 0) is 30.2 Å². The van der Waals surface area contributed by atoms with Crippen molar-refractivity contribution in [2.75, 3.05) is 12.3 Å². The second kappa shape index (κ2) is 7.40. The van der Waals surface area contributed by atoms with E-state index in [4.69, 9.17) is 10.5 Å². The lowest BCUT2D eigenvalue weighted by molar-refractivity contribution is 0.0946. The molecule has 0 aliphatic rings. The number of nitrogens with zero attached hydrogens (tertiary/aromatic N) is 1. The van der Waals surface area contributed by atoms with Crippen molar-refractivity contribution in [2.45, 2.75) is 20.1 Å². The van der Waals surface area contributed by atoms with Crippen LogP contribution in [0.1, 0.15) is 28.5 Å². The highest BCUT2D eigenvalue weighted by Gasteiger charge is 2.11. The summed E-state index contributed by atoms with van der Waals surface area (Å²) in [7, 11) is 0. The van der Waals surface area contributed by atoms with Gasteiger partial charge in [-0.1, -0.05) is 24.3 Å². The highest BCUT2D eigenvalue weighted by molar-refractivity contribution is 5.96. The van der Waals surface area contributed by atoms with Crippen molar-refractivity contribution in [3.05, 3.63) is 59.4 Å². The number of hydrogen-bond acceptors (Lipinski definition) is 4. The fourth-order valence-corrected chi connectivity index (χ4v) is 1.95. The van der Waals surface area contributed by atoms with Crippen LogP contribution in [0.25, 0.3) is 0 Å². The average Bonchev–Trinajstić information content (AvgIpc) is 2.52. The maximum Gasteiger partial charge on any atom is 0.272 e. The van der Waals surface area contributed by atoms with Crippen molar-refractivity contribution in [2.24, 2.45) is 0 Å². The normalized spacial score (nSPS) is 10.3. The third-order valence-corrected chi connectivity index (χ3v) is 3.07. The smallest absolute Gasteiger partial charge is 0.272 e. The van der Waals surface area contributed by atoms with E-state index >= 15 is 0 Å². The fraction of sp³-hybridized carbons (Fsp3) is 0.250. The molecular weight excluding hydrogens is 266 g/mol. The minimum atomic E-state index is -0.278. The summed E-state index contributed by atoms with van der Waals surface area (Å²) in [5, 5.41) is 2.84. The predicted octanol–water partition coefficient (Wildman–Crippen LogP) is 2.13. The molecule has 1 aromatic heterocycles. The number of aromatic nitrogens is 1. The molecule has 0 bridgehead atoms. The quantitative estimate of drug-likeness (QED) is 0.852. The van der Waals surface area contributed by atoms with Gasteiger partial charge in [0.1, 0.15) is 0 Å².